The third-order valence-corrected chi connectivity index (χ3v) is 5.67. The van der Waals surface area contributed by atoms with E-state index in [1.807, 2.05) is 0 Å². The van der Waals surface area contributed by atoms with Crippen LogP contribution < -0.4 is 10.1 Å². The van der Waals surface area contributed by atoms with Gasteiger partial charge in [0.1, 0.15) is 5.75 Å². The van der Waals surface area contributed by atoms with Crippen molar-refractivity contribution in [1.29, 1.82) is 0 Å². The number of halogens is 1. The number of hydrogen-bond acceptors (Lipinski definition) is 5. The zero-order valence-electron chi connectivity index (χ0n) is 13.7. The van der Waals surface area contributed by atoms with Gasteiger partial charge in [-0.3, -0.25) is 4.79 Å². The van der Waals surface area contributed by atoms with Crippen LogP contribution in [-0.4, -0.2) is 37.9 Å². The molecule has 25 heavy (non-hydrogen) atoms. The second-order valence-corrected chi connectivity index (χ2v) is 8.10. The van der Waals surface area contributed by atoms with Crippen LogP contribution in [0.3, 0.4) is 0 Å². The van der Waals surface area contributed by atoms with E-state index in [-0.39, 0.29) is 4.90 Å². The van der Waals surface area contributed by atoms with E-state index in [4.69, 9.17) is 16.3 Å². The van der Waals surface area contributed by atoms with Crippen molar-refractivity contribution in [3.8, 4) is 5.75 Å². The Morgan fingerprint density at radius 3 is 2.24 bits per heavy atom. The number of carbonyl (C=O) groups excluding carboxylic acids is 1. The Morgan fingerprint density at radius 1 is 1.16 bits per heavy atom. The quantitative estimate of drug-likeness (QED) is 0.799. The van der Waals surface area contributed by atoms with E-state index in [1.165, 1.54) is 31.4 Å². The van der Waals surface area contributed by atoms with Crippen LogP contribution in [-0.2, 0) is 14.6 Å². The summed E-state index contributed by atoms with van der Waals surface area (Å²) >= 11 is 5.76. The summed E-state index contributed by atoms with van der Waals surface area (Å²) in [4.78, 5) is 12.2. The van der Waals surface area contributed by atoms with Gasteiger partial charge >= 0.3 is 0 Å². The van der Waals surface area contributed by atoms with Crippen molar-refractivity contribution in [1.82, 2.24) is 0 Å². The van der Waals surface area contributed by atoms with Crippen molar-refractivity contribution in [2.24, 2.45) is 0 Å². The van der Waals surface area contributed by atoms with Gasteiger partial charge in [0.25, 0.3) is 5.91 Å². The van der Waals surface area contributed by atoms with E-state index in [0.29, 0.717) is 16.5 Å². The van der Waals surface area contributed by atoms with Crippen molar-refractivity contribution >= 4 is 33.0 Å². The Bertz CT molecular complexity index is 846. The number of sulfone groups is 1. The molecule has 6 nitrogen and oxygen atoms in total. The van der Waals surface area contributed by atoms with Crippen LogP contribution in [0.5, 0.6) is 5.75 Å². The fourth-order valence-electron chi connectivity index (χ4n) is 2.10. The van der Waals surface area contributed by atoms with Gasteiger partial charge in [-0.25, -0.2) is 8.42 Å². The topological polar surface area (TPSA) is 92.7 Å². The van der Waals surface area contributed by atoms with Gasteiger partial charge in [-0.1, -0.05) is 11.6 Å². The van der Waals surface area contributed by atoms with E-state index in [1.54, 1.807) is 24.3 Å². The molecule has 0 saturated carbocycles. The SMILES string of the molecule is COc1ccc(S(=O)(=O)C[C@@](C)(O)C(=O)Nc2ccc(Cl)cc2)cc1. The minimum Gasteiger partial charge on any atom is -0.497 e. The van der Waals surface area contributed by atoms with E-state index in [9.17, 15) is 18.3 Å². The van der Waals surface area contributed by atoms with Crippen LogP contribution in [0.15, 0.2) is 53.4 Å². The lowest BCUT2D eigenvalue weighted by Crippen LogP contribution is -2.45. The zero-order valence-corrected chi connectivity index (χ0v) is 15.3. The van der Waals surface area contributed by atoms with Crippen LogP contribution in [0, 0.1) is 0 Å². The molecule has 0 aromatic heterocycles. The molecule has 0 aliphatic rings. The summed E-state index contributed by atoms with van der Waals surface area (Å²) in [7, 11) is -2.41. The molecule has 1 atom stereocenters. The van der Waals surface area contributed by atoms with Crippen LogP contribution in [0.1, 0.15) is 6.92 Å². The number of carbonyl (C=O) groups is 1. The summed E-state index contributed by atoms with van der Waals surface area (Å²) in [6.45, 7) is 1.15. The Morgan fingerprint density at radius 2 is 1.72 bits per heavy atom. The molecule has 0 unspecified atom stereocenters. The molecular weight excluding hydrogens is 366 g/mol. The van der Waals surface area contributed by atoms with Crippen molar-refractivity contribution in [3.63, 3.8) is 0 Å². The lowest BCUT2D eigenvalue weighted by molar-refractivity contribution is -0.130. The maximum Gasteiger partial charge on any atom is 0.257 e. The predicted octanol–water partition coefficient (Wildman–Crippen LogP) is 2.51. The van der Waals surface area contributed by atoms with Gasteiger partial charge in [0.2, 0.25) is 0 Å². The van der Waals surface area contributed by atoms with Gasteiger partial charge in [0.15, 0.2) is 15.4 Å². The van der Waals surface area contributed by atoms with Crippen molar-refractivity contribution < 1.29 is 23.1 Å². The minimum atomic E-state index is -3.87. The molecule has 0 saturated heterocycles. The number of ether oxygens (including phenoxy) is 1. The highest BCUT2D eigenvalue weighted by molar-refractivity contribution is 7.91. The molecule has 2 N–H and O–H groups in total. The fourth-order valence-corrected chi connectivity index (χ4v) is 3.82. The number of hydrogen-bond donors (Lipinski definition) is 2. The summed E-state index contributed by atoms with van der Waals surface area (Å²) in [6, 6.07) is 12.0. The highest BCUT2D eigenvalue weighted by atomic mass is 35.5. The van der Waals surface area contributed by atoms with Crippen molar-refractivity contribution in [2.75, 3.05) is 18.2 Å². The van der Waals surface area contributed by atoms with E-state index in [0.717, 1.165) is 6.92 Å². The van der Waals surface area contributed by atoms with Crippen LogP contribution in [0.2, 0.25) is 5.02 Å². The molecule has 2 aromatic carbocycles. The smallest absolute Gasteiger partial charge is 0.257 e. The van der Waals surface area contributed by atoms with Gasteiger partial charge in [0.05, 0.1) is 17.8 Å². The van der Waals surface area contributed by atoms with Gasteiger partial charge in [-0.05, 0) is 55.5 Å². The fraction of sp³-hybridized carbons (Fsp3) is 0.235. The maximum absolute atomic E-state index is 12.5. The molecular formula is C17H18ClNO5S. The summed E-state index contributed by atoms with van der Waals surface area (Å²) in [5.41, 5.74) is -1.71. The van der Waals surface area contributed by atoms with Gasteiger partial charge in [-0.15, -0.1) is 0 Å². The Hall–Kier alpha value is -2.09. The molecule has 1 amide bonds. The lowest BCUT2D eigenvalue weighted by atomic mass is 10.1. The first-order chi connectivity index (χ1) is 11.6. The summed E-state index contributed by atoms with van der Waals surface area (Å²) in [5.74, 6) is -1.08. The average molecular weight is 384 g/mol. The molecule has 0 aliphatic carbocycles. The molecule has 0 heterocycles. The molecule has 2 rings (SSSR count). The molecule has 134 valence electrons. The first kappa shape index (κ1) is 19.2. The molecule has 0 radical (unpaired) electrons. The molecule has 2 aromatic rings. The van der Waals surface area contributed by atoms with Crippen LogP contribution in [0.4, 0.5) is 5.69 Å². The normalized spacial score (nSPS) is 13.8. The number of anilines is 1. The minimum absolute atomic E-state index is 0.00660. The number of methoxy groups -OCH3 is 1. The summed E-state index contributed by atoms with van der Waals surface area (Å²) < 4.78 is 29.9. The number of aliphatic hydroxyl groups is 1. The van der Waals surface area contributed by atoms with E-state index < -0.39 is 27.1 Å². The summed E-state index contributed by atoms with van der Waals surface area (Å²) in [6.07, 6.45) is 0. The third kappa shape index (κ3) is 4.94. The van der Waals surface area contributed by atoms with Crippen molar-refractivity contribution in [2.45, 2.75) is 17.4 Å². The Balaban J connectivity index is 2.14. The first-order valence-electron chi connectivity index (χ1n) is 7.30. The second kappa shape index (κ2) is 7.43. The highest BCUT2D eigenvalue weighted by Crippen LogP contribution is 2.21. The second-order valence-electron chi connectivity index (χ2n) is 5.67. The largest absolute Gasteiger partial charge is 0.497 e. The number of benzene rings is 2. The molecule has 8 heteroatoms. The lowest BCUT2D eigenvalue weighted by Gasteiger charge is -2.22. The van der Waals surface area contributed by atoms with Crippen LogP contribution >= 0.6 is 11.6 Å². The Labute approximate surface area is 151 Å². The summed E-state index contributed by atoms with van der Waals surface area (Å²) in [5, 5.41) is 13.3. The molecule has 0 fully saturated rings. The average Bonchev–Trinajstić information content (AvgIpc) is 2.56. The first-order valence-corrected chi connectivity index (χ1v) is 9.33. The molecule has 0 spiro atoms. The Kier molecular flexibility index (Phi) is 5.72. The number of amides is 1. The predicted molar refractivity (Wildman–Crippen MR) is 95.8 cm³/mol. The number of nitrogens with one attached hydrogen (secondary N) is 1. The van der Waals surface area contributed by atoms with Crippen molar-refractivity contribution in [3.05, 3.63) is 53.6 Å². The van der Waals surface area contributed by atoms with Gasteiger partial charge < -0.3 is 15.2 Å². The van der Waals surface area contributed by atoms with Gasteiger partial charge in [-0.2, -0.15) is 0 Å². The standard InChI is InChI=1S/C17H18ClNO5S/c1-17(21,16(20)19-13-5-3-12(18)4-6-13)11-25(22,23)15-9-7-14(24-2)8-10-15/h3-10,21H,11H2,1-2H3,(H,19,20)/t17-/m1/s1. The third-order valence-electron chi connectivity index (χ3n) is 3.48. The zero-order chi connectivity index (χ0) is 18.7. The highest BCUT2D eigenvalue weighted by Gasteiger charge is 2.36. The van der Waals surface area contributed by atoms with E-state index in [2.05, 4.69) is 5.32 Å². The van der Waals surface area contributed by atoms with Crippen LogP contribution in [0.25, 0.3) is 0 Å². The maximum atomic E-state index is 12.5. The monoisotopic (exact) mass is 383 g/mol. The molecule has 0 bridgehead atoms. The molecule has 0 aliphatic heterocycles. The van der Waals surface area contributed by atoms with Gasteiger partial charge in [0, 0.05) is 10.7 Å². The number of rotatable bonds is 6. The van der Waals surface area contributed by atoms with E-state index >= 15 is 0 Å².